The number of rotatable bonds is 4. The number of pyridine rings is 1. The Hall–Kier alpha value is -5.46. The molecule has 2 aromatic heterocycles. The zero-order chi connectivity index (χ0) is 32.7. The number of benzene rings is 2. The molecule has 2 unspecified atom stereocenters. The number of fused-ring (bicyclic) bond motifs is 5. The summed E-state index contributed by atoms with van der Waals surface area (Å²) in [5, 5.41) is 10.9. The monoisotopic (exact) mass is 639 g/mol. The summed E-state index contributed by atoms with van der Waals surface area (Å²) in [5.74, 6) is -0.636. The van der Waals surface area contributed by atoms with Gasteiger partial charge in [0.05, 0.1) is 22.7 Å². The van der Waals surface area contributed by atoms with Crippen molar-refractivity contribution in [3.8, 4) is 0 Å². The Labute approximate surface area is 266 Å². The molecule has 8 rings (SSSR count). The Kier molecular flexibility index (Phi) is 6.33. The maximum Gasteiger partial charge on any atom is 0.416 e. The van der Waals surface area contributed by atoms with Gasteiger partial charge in [-0.3, -0.25) is 19.5 Å². The molecule has 0 saturated carbocycles. The number of nitrogens with two attached hydrogens (primary N) is 1. The van der Waals surface area contributed by atoms with Crippen molar-refractivity contribution >= 4 is 34.4 Å². The van der Waals surface area contributed by atoms with E-state index in [1.54, 1.807) is 34.3 Å². The van der Waals surface area contributed by atoms with Gasteiger partial charge < -0.3 is 20.9 Å². The molecule has 1 spiro atoms. The molecule has 0 fully saturated rings. The molecular weight excluding hydrogens is 611 g/mol. The van der Waals surface area contributed by atoms with Crippen LogP contribution in [0.1, 0.15) is 40.7 Å². The van der Waals surface area contributed by atoms with Crippen molar-refractivity contribution < 1.29 is 27.6 Å². The van der Waals surface area contributed by atoms with Crippen molar-refractivity contribution in [2.75, 3.05) is 11.9 Å². The zero-order valence-corrected chi connectivity index (χ0v) is 24.9. The molecule has 1 aliphatic carbocycles. The molecule has 3 aliphatic heterocycles. The average Bonchev–Trinajstić information content (AvgIpc) is 3.72. The minimum absolute atomic E-state index is 0.0472. The summed E-state index contributed by atoms with van der Waals surface area (Å²) in [6, 6.07) is 11.4. The fourth-order valence-corrected chi connectivity index (χ4v) is 7.59. The summed E-state index contributed by atoms with van der Waals surface area (Å²) in [6.45, 7) is 0.446. The molecule has 4 N–H and O–H groups in total. The predicted octanol–water partition coefficient (Wildman–Crippen LogP) is 4.10. The summed E-state index contributed by atoms with van der Waals surface area (Å²) < 4.78 is 39.8. The van der Waals surface area contributed by atoms with Gasteiger partial charge in [0.2, 0.25) is 11.8 Å². The molecule has 4 aromatic rings. The number of allylic oxidation sites excluding steroid dienone is 2. The van der Waals surface area contributed by atoms with Crippen molar-refractivity contribution in [2.45, 2.75) is 50.0 Å². The highest BCUT2D eigenvalue weighted by atomic mass is 19.4. The van der Waals surface area contributed by atoms with E-state index in [1.165, 1.54) is 12.1 Å². The van der Waals surface area contributed by atoms with E-state index in [1.807, 2.05) is 18.2 Å². The van der Waals surface area contributed by atoms with Gasteiger partial charge in [-0.25, -0.2) is 4.98 Å². The zero-order valence-electron chi connectivity index (χ0n) is 24.9. The van der Waals surface area contributed by atoms with E-state index in [0.717, 1.165) is 50.9 Å². The highest BCUT2D eigenvalue weighted by molar-refractivity contribution is 6.06. The number of hydrogen-bond donors (Lipinski definition) is 3. The number of aromatic nitrogens is 3. The van der Waals surface area contributed by atoms with Gasteiger partial charge >= 0.3 is 6.18 Å². The third-order valence-corrected chi connectivity index (χ3v) is 9.91. The van der Waals surface area contributed by atoms with E-state index in [0.29, 0.717) is 24.2 Å². The molecule has 238 valence electrons. The highest BCUT2D eigenvalue weighted by Crippen LogP contribution is 2.52. The maximum atomic E-state index is 14.6. The average molecular weight is 640 g/mol. The van der Waals surface area contributed by atoms with Crippen LogP contribution in [0.2, 0.25) is 0 Å². The Morgan fingerprint density at radius 2 is 1.87 bits per heavy atom. The second kappa shape index (κ2) is 10.3. The van der Waals surface area contributed by atoms with Crippen LogP contribution in [0.15, 0.2) is 83.8 Å². The van der Waals surface area contributed by atoms with Gasteiger partial charge in [-0.15, -0.1) is 0 Å². The van der Waals surface area contributed by atoms with E-state index in [-0.39, 0.29) is 43.6 Å². The number of aromatic amines is 1. The number of anilines is 1. The van der Waals surface area contributed by atoms with E-state index in [4.69, 9.17) is 5.73 Å². The highest BCUT2D eigenvalue weighted by Gasteiger charge is 2.53. The number of halogens is 3. The van der Waals surface area contributed by atoms with Crippen LogP contribution in [0.4, 0.5) is 19.0 Å². The summed E-state index contributed by atoms with van der Waals surface area (Å²) >= 11 is 0. The van der Waals surface area contributed by atoms with Gasteiger partial charge in [0.15, 0.2) is 0 Å². The number of primary amides is 1. The molecule has 0 bridgehead atoms. The maximum absolute atomic E-state index is 14.6. The van der Waals surface area contributed by atoms with Gasteiger partial charge in [-0.2, -0.15) is 18.3 Å². The molecule has 10 nitrogen and oxygen atoms in total. The fraction of sp³-hybridized carbons (Fsp3) is 0.265. The van der Waals surface area contributed by atoms with Crippen LogP contribution in [0, 0.1) is 0 Å². The normalized spacial score (nSPS) is 22.3. The van der Waals surface area contributed by atoms with Crippen LogP contribution in [-0.4, -0.2) is 55.3 Å². The molecule has 47 heavy (non-hydrogen) atoms. The molecular formula is C34H28F3N7O3. The van der Waals surface area contributed by atoms with Gasteiger partial charge in [0.25, 0.3) is 5.91 Å². The number of hydrogen-bond acceptors (Lipinski definition) is 6. The fourth-order valence-electron chi connectivity index (χ4n) is 7.59. The molecule has 4 aliphatic rings. The van der Waals surface area contributed by atoms with E-state index in [2.05, 4.69) is 20.5 Å². The molecule has 5 heterocycles. The smallest absolute Gasteiger partial charge is 0.364 e. The number of H-pyrrole nitrogens is 1. The second-order valence-electron chi connectivity index (χ2n) is 12.6. The molecule has 2 aromatic carbocycles. The third kappa shape index (κ3) is 4.59. The number of carbonyl (C=O) groups is 3. The van der Waals surface area contributed by atoms with E-state index >= 15 is 0 Å². The number of carbonyl (C=O) groups excluding carboxylic acids is 3. The SMILES string of the molecule is NC(=O)C1=CC2=C(CN1C1Cc3ccc4[nH]ncc4c3CN(Cc3ccc(C(F)(F)F)cc3)C1=O)CC1(C2)C(=O)Nc2ncccc21. The molecule has 2 atom stereocenters. The quantitative estimate of drug-likeness (QED) is 0.308. The minimum Gasteiger partial charge on any atom is -0.364 e. The number of amides is 3. The third-order valence-electron chi connectivity index (χ3n) is 9.91. The van der Waals surface area contributed by atoms with Crippen LogP contribution < -0.4 is 11.1 Å². The largest absolute Gasteiger partial charge is 0.416 e. The van der Waals surface area contributed by atoms with Crippen molar-refractivity contribution in [2.24, 2.45) is 5.73 Å². The summed E-state index contributed by atoms with van der Waals surface area (Å²) in [5.41, 5.74) is 10.1. The van der Waals surface area contributed by atoms with Gasteiger partial charge in [0.1, 0.15) is 17.6 Å². The Morgan fingerprint density at radius 3 is 2.64 bits per heavy atom. The lowest BCUT2D eigenvalue weighted by molar-refractivity contribution is -0.138. The van der Waals surface area contributed by atoms with Crippen LogP contribution in [0.25, 0.3) is 10.9 Å². The van der Waals surface area contributed by atoms with E-state index in [9.17, 15) is 27.6 Å². The van der Waals surface area contributed by atoms with Crippen LogP contribution in [0.3, 0.4) is 0 Å². The lowest BCUT2D eigenvalue weighted by Gasteiger charge is -2.37. The van der Waals surface area contributed by atoms with E-state index < -0.39 is 29.1 Å². The predicted molar refractivity (Wildman–Crippen MR) is 164 cm³/mol. The Bertz CT molecular complexity index is 2070. The lowest BCUT2D eigenvalue weighted by Crippen LogP contribution is -2.51. The van der Waals surface area contributed by atoms with Crippen LogP contribution in [-0.2, 0) is 45.5 Å². The number of nitrogens with one attached hydrogen (secondary N) is 2. The first-order valence-corrected chi connectivity index (χ1v) is 15.2. The van der Waals surface area contributed by atoms with Crippen molar-refractivity contribution in [1.82, 2.24) is 25.0 Å². The number of nitrogens with zero attached hydrogens (tertiary/aromatic N) is 4. The van der Waals surface area contributed by atoms with Crippen molar-refractivity contribution in [3.05, 3.63) is 112 Å². The Balaban J connectivity index is 1.17. The van der Waals surface area contributed by atoms with Gasteiger partial charge in [-0.05, 0) is 71.0 Å². The molecule has 0 saturated heterocycles. The second-order valence-corrected chi connectivity index (χ2v) is 12.6. The topological polar surface area (TPSA) is 137 Å². The van der Waals surface area contributed by atoms with Crippen LogP contribution >= 0.6 is 0 Å². The van der Waals surface area contributed by atoms with Crippen LogP contribution in [0.5, 0.6) is 0 Å². The summed E-state index contributed by atoms with van der Waals surface area (Å²) in [6.07, 6.45) is 1.56. The lowest BCUT2D eigenvalue weighted by atomic mass is 9.78. The minimum atomic E-state index is -4.48. The Morgan fingerprint density at radius 1 is 1.06 bits per heavy atom. The van der Waals surface area contributed by atoms with Crippen molar-refractivity contribution in [3.63, 3.8) is 0 Å². The van der Waals surface area contributed by atoms with Gasteiger partial charge in [0, 0.05) is 43.2 Å². The standard InChI is InChI=1S/C34H28F3N7O3/c35-34(36,37)22-6-3-18(4-7-22)15-43-17-24-19(5-8-26-23(24)14-40-42-26)10-28(31(43)46)44-16-21-13-33(12-20(21)11-27(44)29(38)45)25-2-1-9-39-30(25)41-32(33)47/h1-9,11,14,28H,10,12-13,15-17H2,(H2,38,45)(H,40,42)(H,39,41,47). The molecule has 13 heteroatoms. The van der Waals surface area contributed by atoms with Gasteiger partial charge in [-0.1, -0.05) is 24.3 Å². The number of alkyl halides is 3. The first kappa shape index (κ1) is 29.0. The first-order chi connectivity index (χ1) is 22.5. The summed E-state index contributed by atoms with van der Waals surface area (Å²) in [4.78, 5) is 48.6. The molecule has 3 amide bonds. The summed E-state index contributed by atoms with van der Waals surface area (Å²) in [7, 11) is 0. The first-order valence-electron chi connectivity index (χ1n) is 15.2. The van der Waals surface area contributed by atoms with Crippen molar-refractivity contribution in [1.29, 1.82) is 0 Å². The molecule has 0 radical (unpaired) electrons.